The number of benzene rings is 2. The van der Waals surface area contributed by atoms with Crippen molar-refractivity contribution < 1.29 is 14.3 Å². The second kappa shape index (κ2) is 6.56. The normalized spacial score (nSPS) is 10.5. The van der Waals surface area contributed by atoms with Crippen LogP contribution in [0.15, 0.2) is 53.3 Å². The molecule has 0 bridgehead atoms. The summed E-state index contributed by atoms with van der Waals surface area (Å²) in [6.07, 6.45) is 0. The first-order chi connectivity index (χ1) is 12.0. The maximum absolute atomic E-state index is 12.5. The molecule has 1 aromatic heterocycles. The summed E-state index contributed by atoms with van der Waals surface area (Å²) in [5.74, 6) is -0.656. The van der Waals surface area contributed by atoms with Crippen molar-refractivity contribution >= 4 is 28.3 Å². The molecule has 0 saturated carbocycles. The van der Waals surface area contributed by atoms with Crippen LogP contribution in [-0.4, -0.2) is 21.7 Å². The van der Waals surface area contributed by atoms with Gasteiger partial charge in [0, 0.05) is 31.1 Å². The highest BCUT2D eigenvalue weighted by Crippen LogP contribution is 2.20. The number of aryl methyl sites for hydroxylation is 1. The number of aromatic nitrogens is 2. The van der Waals surface area contributed by atoms with Crippen molar-refractivity contribution in [2.24, 2.45) is 7.05 Å². The molecule has 0 fully saturated rings. The Kier molecular flexibility index (Phi) is 4.30. The van der Waals surface area contributed by atoms with Crippen LogP contribution in [-0.2, 0) is 11.8 Å². The van der Waals surface area contributed by atoms with Crippen LogP contribution in [0.3, 0.4) is 0 Å². The van der Waals surface area contributed by atoms with E-state index in [1.165, 1.54) is 20.0 Å². The summed E-state index contributed by atoms with van der Waals surface area (Å²) in [6, 6.07) is 13.2. The highest BCUT2D eigenvalue weighted by molar-refractivity contribution is 6.03. The Bertz CT molecular complexity index is 1040. The molecule has 0 atom stereocenters. The van der Waals surface area contributed by atoms with Gasteiger partial charge in [-0.05, 0) is 18.2 Å². The number of carbonyl (C=O) groups excluding carboxylic acids is 2. The van der Waals surface area contributed by atoms with Crippen LogP contribution in [0.5, 0.6) is 5.75 Å². The van der Waals surface area contributed by atoms with Crippen LogP contribution >= 0.6 is 0 Å². The van der Waals surface area contributed by atoms with Crippen molar-refractivity contribution in [3.8, 4) is 5.75 Å². The Hall–Kier alpha value is -3.48. The third-order valence-electron chi connectivity index (χ3n) is 3.51. The Morgan fingerprint density at radius 2 is 1.80 bits per heavy atom. The van der Waals surface area contributed by atoms with Crippen LogP contribution in [0.4, 0.5) is 5.69 Å². The Balaban J connectivity index is 1.97. The predicted molar refractivity (Wildman–Crippen MR) is 92.7 cm³/mol. The Morgan fingerprint density at radius 3 is 2.52 bits per heavy atom. The molecule has 3 aromatic rings. The molecule has 0 aliphatic heterocycles. The average Bonchev–Trinajstić information content (AvgIpc) is 2.58. The first-order valence-electron chi connectivity index (χ1n) is 7.51. The topological polar surface area (TPSA) is 90.3 Å². The van der Waals surface area contributed by atoms with Crippen LogP contribution in [0.25, 0.3) is 10.8 Å². The molecular weight excluding hydrogens is 322 g/mol. The zero-order valence-corrected chi connectivity index (χ0v) is 13.6. The number of nitrogens with one attached hydrogen (secondary N) is 1. The number of carbonyl (C=O) groups is 2. The van der Waals surface area contributed by atoms with Crippen molar-refractivity contribution in [2.75, 3.05) is 5.32 Å². The van der Waals surface area contributed by atoms with Crippen LogP contribution in [0.1, 0.15) is 17.4 Å². The average molecular weight is 337 g/mol. The number of ether oxygens (including phenoxy) is 1. The van der Waals surface area contributed by atoms with Crippen molar-refractivity contribution in [3.05, 3.63) is 64.6 Å². The van der Waals surface area contributed by atoms with Gasteiger partial charge in [-0.3, -0.25) is 9.59 Å². The fraction of sp³-hybridized carbons (Fsp3) is 0.111. The highest BCUT2D eigenvalue weighted by atomic mass is 16.5. The van der Waals surface area contributed by atoms with Crippen molar-refractivity contribution in [2.45, 2.75) is 6.92 Å². The monoisotopic (exact) mass is 337 g/mol. The second-order valence-corrected chi connectivity index (χ2v) is 5.42. The van der Waals surface area contributed by atoms with Gasteiger partial charge in [-0.25, -0.2) is 9.48 Å². The third-order valence-corrected chi connectivity index (χ3v) is 3.51. The van der Waals surface area contributed by atoms with E-state index in [1.54, 1.807) is 42.5 Å². The van der Waals surface area contributed by atoms with E-state index in [0.717, 1.165) is 4.68 Å². The Morgan fingerprint density at radius 1 is 1.08 bits per heavy atom. The van der Waals surface area contributed by atoms with E-state index < -0.39 is 5.97 Å². The van der Waals surface area contributed by atoms with E-state index in [2.05, 4.69) is 10.4 Å². The molecule has 0 saturated heterocycles. The second-order valence-electron chi connectivity index (χ2n) is 5.42. The van der Waals surface area contributed by atoms with Gasteiger partial charge in [0.1, 0.15) is 5.75 Å². The van der Waals surface area contributed by atoms with Gasteiger partial charge in [0.05, 0.1) is 5.39 Å². The maximum Gasteiger partial charge on any atom is 0.364 e. The number of esters is 1. The molecule has 0 aliphatic carbocycles. The lowest BCUT2D eigenvalue weighted by Crippen LogP contribution is -2.24. The standard InChI is InChI=1S/C18H15N3O4/c1-11(22)19-12-6-5-7-13(10-12)25-18(24)16-14-8-3-4-9-15(14)17(23)21(2)20-16/h3-10H,1-2H3,(H,19,22). The van der Waals surface area contributed by atoms with Crippen LogP contribution < -0.4 is 15.6 Å². The lowest BCUT2D eigenvalue weighted by atomic mass is 10.1. The zero-order chi connectivity index (χ0) is 18.0. The summed E-state index contributed by atoms with van der Waals surface area (Å²) in [4.78, 5) is 35.8. The van der Waals surface area contributed by atoms with E-state index in [0.29, 0.717) is 16.5 Å². The van der Waals surface area contributed by atoms with E-state index in [9.17, 15) is 14.4 Å². The summed E-state index contributed by atoms with van der Waals surface area (Å²) in [5, 5.41) is 7.45. The highest BCUT2D eigenvalue weighted by Gasteiger charge is 2.17. The van der Waals surface area contributed by atoms with Gasteiger partial charge in [-0.15, -0.1) is 0 Å². The van der Waals surface area contributed by atoms with Crippen LogP contribution in [0, 0.1) is 0 Å². The summed E-state index contributed by atoms with van der Waals surface area (Å²) >= 11 is 0. The fourth-order valence-electron chi connectivity index (χ4n) is 2.45. The number of hydrogen-bond donors (Lipinski definition) is 1. The number of nitrogens with zero attached hydrogens (tertiary/aromatic N) is 2. The van der Waals surface area contributed by atoms with Crippen molar-refractivity contribution in [3.63, 3.8) is 0 Å². The molecule has 126 valence electrons. The van der Waals surface area contributed by atoms with Gasteiger partial charge in [-0.2, -0.15) is 5.10 Å². The molecule has 2 aromatic carbocycles. The fourth-order valence-corrected chi connectivity index (χ4v) is 2.45. The summed E-state index contributed by atoms with van der Waals surface area (Å²) in [6.45, 7) is 1.39. The molecule has 7 heteroatoms. The molecule has 1 heterocycles. The minimum Gasteiger partial charge on any atom is -0.422 e. The number of fused-ring (bicyclic) bond motifs is 1. The molecule has 0 unspecified atom stereocenters. The number of hydrogen-bond acceptors (Lipinski definition) is 5. The summed E-state index contributed by atoms with van der Waals surface area (Å²) in [7, 11) is 1.48. The quantitative estimate of drug-likeness (QED) is 0.584. The first-order valence-corrected chi connectivity index (χ1v) is 7.51. The molecule has 3 rings (SSSR count). The number of amides is 1. The molecule has 0 aliphatic rings. The minimum absolute atomic E-state index is 0.0441. The van der Waals surface area contributed by atoms with Crippen molar-refractivity contribution in [1.82, 2.24) is 9.78 Å². The summed E-state index contributed by atoms with van der Waals surface area (Å²) < 4.78 is 6.46. The minimum atomic E-state index is -0.688. The predicted octanol–water partition coefficient (Wildman–Crippen LogP) is 2.11. The molecular formula is C18H15N3O4. The number of anilines is 1. The van der Waals surface area contributed by atoms with Gasteiger partial charge in [0.25, 0.3) is 5.56 Å². The molecule has 0 spiro atoms. The third kappa shape index (κ3) is 3.40. The maximum atomic E-state index is 12.5. The smallest absolute Gasteiger partial charge is 0.364 e. The Labute approximate surface area is 142 Å². The molecule has 1 amide bonds. The largest absolute Gasteiger partial charge is 0.422 e. The van der Waals surface area contributed by atoms with Crippen molar-refractivity contribution in [1.29, 1.82) is 0 Å². The van der Waals surface area contributed by atoms with E-state index in [-0.39, 0.29) is 22.9 Å². The molecule has 7 nitrogen and oxygen atoms in total. The summed E-state index contributed by atoms with van der Waals surface area (Å²) in [5.41, 5.74) is 0.263. The molecule has 1 N–H and O–H groups in total. The van der Waals surface area contributed by atoms with Gasteiger partial charge in [0.2, 0.25) is 5.91 Å². The zero-order valence-electron chi connectivity index (χ0n) is 13.6. The van der Waals surface area contributed by atoms with Crippen LogP contribution in [0.2, 0.25) is 0 Å². The number of rotatable bonds is 3. The van der Waals surface area contributed by atoms with Gasteiger partial charge >= 0.3 is 5.97 Å². The van der Waals surface area contributed by atoms with Gasteiger partial charge in [-0.1, -0.05) is 24.3 Å². The van der Waals surface area contributed by atoms with E-state index >= 15 is 0 Å². The lowest BCUT2D eigenvalue weighted by Gasteiger charge is -2.09. The van der Waals surface area contributed by atoms with E-state index in [4.69, 9.17) is 4.74 Å². The molecule has 0 radical (unpaired) electrons. The SMILES string of the molecule is CC(=O)Nc1cccc(OC(=O)c2nn(C)c(=O)c3ccccc23)c1. The molecule has 25 heavy (non-hydrogen) atoms. The van der Waals surface area contributed by atoms with Gasteiger partial charge < -0.3 is 10.1 Å². The first kappa shape index (κ1) is 16.4. The van der Waals surface area contributed by atoms with E-state index in [1.807, 2.05) is 0 Å². The lowest BCUT2D eigenvalue weighted by molar-refractivity contribution is -0.114. The van der Waals surface area contributed by atoms with Gasteiger partial charge in [0.15, 0.2) is 5.69 Å².